The molecule has 3 aromatic rings. The van der Waals surface area contributed by atoms with Crippen LogP contribution in [0.3, 0.4) is 0 Å². The Labute approximate surface area is 153 Å². The molecule has 1 unspecified atom stereocenters. The van der Waals surface area contributed by atoms with Gasteiger partial charge in [0, 0.05) is 42.8 Å². The fraction of sp³-hybridized carbons (Fsp3) is 0.500. The molecule has 0 aliphatic carbocycles. The fourth-order valence-electron chi connectivity index (χ4n) is 3.64. The third-order valence-electron chi connectivity index (χ3n) is 5.17. The zero-order chi connectivity index (χ0) is 17.9. The molecule has 0 spiro atoms. The highest BCUT2D eigenvalue weighted by Crippen LogP contribution is 2.30. The summed E-state index contributed by atoms with van der Waals surface area (Å²) in [7, 11) is 0. The number of aromatic amines is 1. The highest BCUT2D eigenvalue weighted by Gasteiger charge is 2.30. The highest BCUT2D eigenvalue weighted by atomic mass is 16.5. The standard InChI is InChI=1S/C20H26N4O2/c1-13(2)19-23-20(26-24-19)18(14-7-10-25-11-8-14)22-12-15-4-3-5-17-16(15)6-9-21-17/h3-6,9,13-14,18,21-22H,7-8,10-12H2,1-2H3. The molecule has 2 aromatic heterocycles. The van der Waals surface area contributed by atoms with Gasteiger partial charge in [0.25, 0.3) is 0 Å². The van der Waals surface area contributed by atoms with E-state index in [1.165, 1.54) is 10.9 Å². The van der Waals surface area contributed by atoms with E-state index in [1.54, 1.807) is 0 Å². The van der Waals surface area contributed by atoms with Gasteiger partial charge >= 0.3 is 0 Å². The molecule has 6 nitrogen and oxygen atoms in total. The van der Waals surface area contributed by atoms with Gasteiger partial charge in [-0.25, -0.2) is 0 Å². The van der Waals surface area contributed by atoms with E-state index in [0.717, 1.165) is 43.9 Å². The molecule has 6 heteroatoms. The van der Waals surface area contributed by atoms with Crippen LogP contribution < -0.4 is 5.32 Å². The lowest BCUT2D eigenvalue weighted by molar-refractivity contribution is 0.0485. The van der Waals surface area contributed by atoms with E-state index in [9.17, 15) is 0 Å². The van der Waals surface area contributed by atoms with Crippen LogP contribution in [0.2, 0.25) is 0 Å². The Kier molecular flexibility index (Phi) is 5.04. The molecule has 1 saturated heterocycles. The van der Waals surface area contributed by atoms with Crippen LogP contribution in [0.5, 0.6) is 0 Å². The number of hydrogen-bond acceptors (Lipinski definition) is 5. The Morgan fingerprint density at radius 1 is 1.23 bits per heavy atom. The number of rotatable bonds is 6. The van der Waals surface area contributed by atoms with Gasteiger partial charge in [0.1, 0.15) is 0 Å². The summed E-state index contributed by atoms with van der Waals surface area (Å²) in [6.07, 6.45) is 3.99. The summed E-state index contributed by atoms with van der Waals surface area (Å²) in [5, 5.41) is 9.11. The Bertz CT molecular complexity index is 848. The normalized spacial score (nSPS) is 17.2. The van der Waals surface area contributed by atoms with Crippen molar-refractivity contribution in [3.05, 3.63) is 47.7 Å². The Morgan fingerprint density at radius 3 is 2.85 bits per heavy atom. The van der Waals surface area contributed by atoms with Gasteiger partial charge in [-0.05, 0) is 36.5 Å². The van der Waals surface area contributed by atoms with Crippen LogP contribution in [0.25, 0.3) is 10.9 Å². The van der Waals surface area contributed by atoms with Crippen LogP contribution in [0, 0.1) is 5.92 Å². The second-order valence-electron chi connectivity index (χ2n) is 7.31. The Hall–Kier alpha value is -2.18. The molecule has 3 heterocycles. The monoisotopic (exact) mass is 354 g/mol. The van der Waals surface area contributed by atoms with Crippen molar-refractivity contribution in [3.63, 3.8) is 0 Å². The highest BCUT2D eigenvalue weighted by molar-refractivity contribution is 5.82. The summed E-state index contributed by atoms with van der Waals surface area (Å²) < 4.78 is 11.2. The topological polar surface area (TPSA) is 76.0 Å². The molecule has 0 radical (unpaired) electrons. The Morgan fingerprint density at radius 2 is 2.08 bits per heavy atom. The SMILES string of the molecule is CC(C)c1noc(C(NCc2cccc3[nH]ccc23)C2CCOCC2)n1. The maximum atomic E-state index is 5.63. The van der Waals surface area contributed by atoms with Crippen LogP contribution >= 0.6 is 0 Å². The van der Waals surface area contributed by atoms with Gasteiger partial charge in [-0.1, -0.05) is 31.1 Å². The predicted octanol–water partition coefficient (Wildman–Crippen LogP) is 3.93. The second-order valence-corrected chi connectivity index (χ2v) is 7.31. The minimum Gasteiger partial charge on any atom is -0.381 e. The van der Waals surface area contributed by atoms with Gasteiger partial charge in [-0.3, -0.25) is 0 Å². The molecule has 4 rings (SSSR count). The van der Waals surface area contributed by atoms with E-state index in [1.807, 2.05) is 6.20 Å². The largest absolute Gasteiger partial charge is 0.381 e. The lowest BCUT2D eigenvalue weighted by Gasteiger charge is -2.28. The van der Waals surface area contributed by atoms with Crippen LogP contribution in [-0.4, -0.2) is 28.3 Å². The van der Waals surface area contributed by atoms with Gasteiger partial charge in [-0.2, -0.15) is 4.98 Å². The maximum absolute atomic E-state index is 5.63. The minimum absolute atomic E-state index is 0.0492. The number of nitrogens with zero attached hydrogens (tertiary/aromatic N) is 2. The number of H-pyrrole nitrogens is 1. The molecule has 138 valence electrons. The van der Waals surface area contributed by atoms with E-state index in [2.05, 4.69) is 58.6 Å². The second kappa shape index (κ2) is 7.60. The van der Waals surface area contributed by atoms with Crippen molar-refractivity contribution in [2.45, 2.75) is 45.2 Å². The number of hydrogen-bond donors (Lipinski definition) is 2. The minimum atomic E-state index is 0.0492. The van der Waals surface area contributed by atoms with E-state index < -0.39 is 0 Å². The molecule has 1 aromatic carbocycles. The summed E-state index contributed by atoms with van der Waals surface area (Å²) in [6.45, 7) is 6.51. The first-order valence-electron chi connectivity index (χ1n) is 9.42. The van der Waals surface area contributed by atoms with Crippen LogP contribution in [0.1, 0.15) is 55.9 Å². The third-order valence-corrected chi connectivity index (χ3v) is 5.17. The fourth-order valence-corrected chi connectivity index (χ4v) is 3.64. The van der Waals surface area contributed by atoms with E-state index in [4.69, 9.17) is 9.26 Å². The third kappa shape index (κ3) is 3.52. The first kappa shape index (κ1) is 17.2. The van der Waals surface area contributed by atoms with Crippen molar-refractivity contribution in [1.29, 1.82) is 0 Å². The van der Waals surface area contributed by atoms with Crippen LogP contribution in [0.15, 0.2) is 35.0 Å². The summed E-state index contributed by atoms with van der Waals surface area (Å²) in [5.41, 5.74) is 2.43. The van der Waals surface area contributed by atoms with E-state index >= 15 is 0 Å². The molecule has 2 N–H and O–H groups in total. The van der Waals surface area contributed by atoms with Gasteiger partial charge in [-0.15, -0.1) is 0 Å². The van der Waals surface area contributed by atoms with Crippen molar-refractivity contribution in [2.75, 3.05) is 13.2 Å². The number of aromatic nitrogens is 3. The smallest absolute Gasteiger partial charge is 0.244 e. The molecule has 1 aliphatic heterocycles. The van der Waals surface area contributed by atoms with Crippen LogP contribution in [0.4, 0.5) is 0 Å². The molecule has 1 atom stereocenters. The van der Waals surface area contributed by atoms with Gasteiger partial charge < -0.3 is 19.6 Å². The molecule has 0 bridgehead atoms. The summed E-state index contributed by atoms with van der Waals surface area (Å²) >= 11 is 0. The zero-order valence-electron chi connectivity index (χ0n) is 15.4. The van der Waals surface area contributed by atoms with Crippen molar-refractivity contribution < 1.29 is 9.26 Å². The van der Waals surface area contributed by atoms with E-state index in [-0.39, 0.29) is 12.0 Å². The first-order chi connectivity index (χ1) is 12.7. The molecular formula is C20H26N4O2. The van der Waals surface area contributed by atoms with Gasteiger partial charge in [0.15, 0.2) is 5.82 Å². The molecule has 0 amide bonds. The number of benzene rings is 1. The average Bonchev–Trinajstić information content (AvgIpc) is 3.33. The maximum Gasteiger partial charge on any atom is 0.244 e. The molecule has 1 aliphatic rings. The number of fused-ring (bicyclic) bond motifs is 1. The molecule has 1 fully saturated rings. The quantitative estimate of drug-likeness (QED) is 0.701. The van der Waals surface area contributed by atoms with Gasteiger partial charge in [0.05, 0.1) is 6.04 Å². The summed E-state index contributed by atoms with van der Waals surface area (Å²) in [4.78, 5) is 7.94. The van der Waals surface area contributed by atoms with Crippen molar-refractivity contribution in [3.8, 4) is 0 Å². The Balaban J connectivity index is 1.57. The zero-order valence-corrected chi connectivity index (χ0v) is 15.4. The number of nitrogens with one attached hydrogen (secondary N) is 2. The molecule has 26 heavy (non-hydrogen) atoms. The molecule has 0 saturated carbocycles. The van der Waals surface area contributed by atoms with Gasteiger partial charge in [0.2, 0.25) is 5.89 Å². The van der Waals surface area contributed by atoms with Crippen molar-refractivity contribution in [2.24, 2.45) is 5.92 Å². The number of ether oxygens (including phenoxy) is 1. The van der Waals surface area contributed by atoms with E-state index in [0.29, 0.717) is 11.8 Å². The summed E-state index contributed by atoms with van der Waals surface area (Å²) in [5.74, 6) is 2.17. The van der Waals surface area contributed by atoms with Crippen molar-refractivity contribution >= 4 is 10.9 Å². The first-order valence-corrected chi connectivity index (χ1v) is 9.42. The molecular weight excluding hydrogens is 328 g/mol. The lowest BCUT2D eigenvalue weighted by Crippen LogP contribution is -2.32. The summed E-state index contributed by atoms with van der Waals surface area (Å²) in [6, 6.07) is 8.52. The average molecular weight is 354 g/mol. The predicted molar refractivity (Wildman–Crippen MR) is 99.8 cm³/mol. The van der Waals surface area contributed by atoms with Crippen LogP contribution in [-0.2, 0) is 11.3 Å². The lowest BCUT2D eigenvalue weighted by atomic mass is 9.91. The van der Waals surface area contributed by atoms with Crippen molar-refractivity contribution in [1.82, 2.24) is 20.4 Å².